The van der Waals surface area contributed by atoms with Crippen LogP contribution in [0, 0.1) is 12.8 Å². The summed E-state index contributed by atoms with van der Waals surface area (Å²) in [7, 11) is 1.75. The fraction of sp³-hybridized carbons (Fsp3) is 0.258. The first kappa shape index (κ1) is 28.2. The lowest BCUT2D eigenvalue weighted by atomic mass is 9.93. The zero-order valence-corrected chi connectivity index (χ0v) is 24.8. The summed E-state index contributed by atoms with van der Waals surface area (Å²) in [6.07, 6.45) is 4.12. The van der Waals surface area contributed by atoms with Gasteiger partial charge in [-0.1, -0.05) is 42.8 Å². The maximum atomic E-state index is 13.5. The predicted molar refractivity (Wildman–Crippen MR) is 167 cm³/mol. The molecule has 4 N–H and O–H groups in total. The van der Waals surface area contributed by atoms with Crippen molar-refractivity contribution in [1.82, 2.24) is 34.8 Å². The molecule has 5 aromatic rings. The number of H-pyrrole nitrogens is 1. The third-order valence-electron chi connectivity index (χ3n) is 8.09. The number of anilines is 2. The van der Waals surface area contributed by atoms with E-state index in [9.17, 15) is 9.59 Å². The van der Waals surface area contributed by atoms with Crippen molar-refractivity contribution < 1.29 is 4.79 Å². The van der Waals surface area contributed by atoms with Crippen LogP contribution in [0.5, 0.6) is 0 Å². The molecule has 1 saturated heterocycles. The van der Waals surface area contributed by atoms with Crippen LogP contribution in [0.4, 0.5) is 11.6 Å². The number of hydrogen-bond donors (Lipinski definition) is 3. The van der Waals surface area contributed by atoms with Gasteiger partial charge in [0, 0.05) is 48.5 Å². The van der Waals surface area contributed by atoms with Crippen molar-refractivity contribution in [2.24, 2.45) is 13.0 Å². The maximum Gasteiger partial charge on any atom is 0.284 e. The Balaban J connectivity index is 1.18. The van der Waals surface area contributed by atoms with Gasteiger partial charge in [-0.2, -0.15) is 5.10 Å². The van der Waals surface area contributed by atoms with E-state index < -0.39 is 0 Å². The molecule has 43 heavy (non-hydrogen) atoms. The van der Waals surface area contributed by atoms with Crippen LogP contribution in [-0.4, -0.2) is 54.6 Å². The smallest absolute Gasteiger partial charge is 0.284 e. The molecule has 6 rings (SSSR count). The number of piperidine rings is 1. The molecule has 0 spiro atoms. The first-order chi connectivity index (χ1) is 20.7. The quantitative estimate of drug-likeness (QED) is 0.266. The van der Waals surface area contributed by atoms with Crippen molar-refractivity contribution in [2.75, 3.05) is 23.7 Å². The molecular formula is C31H32ClN9O2. The second-order valence-electron chi connectivity index (χ2n) is 10.9. The van der Waals surface area contributed by atoms with Crippen molar-refractivity contribution in [3.63, 3.8) is 0 Å². The number of benzene rings is 2. The number of halogens is 1. The zero-order chi connectivity index (χ0) is 30.2. The minimum absolute atomic E-state index is 0.0599. The predicted octanol–water partition coefficient (Wildman–Crippen LogP) is 4.21. The van der Waals surface area contributed by atoms with Crippen LogP contribution in [0.15, 0.2) is 71.8 Å². The first-order valence-corrected chi connectivity index (χ1v) is 14.4. The summed E-state index contributed by atoms with van der Waals surface area (Å²) in [5.74, 6) is 0.637. The van der Waals surface area contributed by atoms with Gasteiger partial charge in [0.25, 0.3) is 11.5 Å². The average molecular weight is 598 g/mol. The fourth-order valence-electron chi connectivity index (χ4n) is 5.68. The topological polar surface area (TPSA) is 140 Å². The van der Waals surface area contributed by atoms with Gasteiger partial charge >= 0.3 is 0 Å². The number of nitrogen functional groups attached to an aromatic ring is 1. The van der Waals surface area contributed by atoms with Gasteiger partial charge in [0.2, 0.25) is 0 Å². The number of amides is 1. The van der Waals surface area contributed by atoms with E-state index in [2.05, 4.69) is 32.3 Å². The molecular weight excluding hydrogens is 566 g/mol. The molecule has 0 saturated carbocycles. The minimum atomic E-state index is -0.388. The second-order valence-corrected chi connectivity index (χ2v) is 11.3. The maximum absolute atomic E-state index is 13.5. The molecule has 0 radical (unpaired) electrons. The van der Waals surface area contributed by atoms with Gasteiger partial charge in [-0.15, -0.1) is 0 Å². The molecule has 2 aromatic carbocycles. The Hall–Kier alpha value is -4.90. The highest BCUT2D eigenvalue weighted by atomic mass is 35.5. The molecule has 4 heterocycles. The highest BCUT2D eigenvalue weighted by Crippen LogP contribution is 2.30. The SMILES string of the molecule is Cc1c(C(=O)NC2CCN(c3nc(-c4cccc(-c5cc[nH]n5)c4)cnc3N)CC2C)c(=O)n(-c2cccc(Cl)c2)n1C. The molecule has 1 amide bonds. The molecule has 2 unspecified atom stereocenters. The molecule has 1 aliphatic heterocycles. The van der Waals surface area contributed by atoms with Crippen LogP contribution < -0.4 is 21.5 Å². The van der Waals surface area contributed by atoms with Gasteiger partial charge in [0.05, 0.1) is 29.0 Å². The van der Waals surface area contributed by atoms with E-state index in [0.29, 0.717) is 53.2 Å². The summed E-state index contributed by atoms with van der Waals surface area (Å²) in [5.41, 5.74) is 10.6. The standard InChI is InChI=1S/C31H32ClN9O2/c1-18-17-40(29-28(33)34-16-26(36-29)21-7-4-6-20(14-21)25-10-12-35-38-25)13-11-24(18)37-30(42)27-19(2)39(3)41(31(27)43)23-9-5-8-22(32)15-23/h4-10,12,14-16,18,24H,11,13,17H2,1-3H3,(H2,33,34)(H,35,38)(H,37,42). The van der Waals surface area contributed by atoms with E-state index in [1.807, 2.05) is 30.3 Å². The number of carbonyl (C=O) groups excluding carboxylic acids is 1. The normalized spacial score (nSPS) is 16.8. The zero-order valence-electron chi connectivity index (χ0n) is 24.1. The number of nitrogens with zero attached hydrogens (tertiary/aromatic N) is 6. The summed E-state index contributed by atoms with van der Waals surface area (Å²) in [6.45, 7) is 5.06. The van der Waals surface area contributed by atoms with Crippen LogP contribution in [0.2, 0.25) is 5.02 Å². The van der Waals surface area contributed by atoms with Crippen molar-refractivity contribution in [2.45, 2.75) is 26.3 Å². The Morgan fingerprint density at radius 3 is 2.60 bits per heavy atom. The number of nitrogens with one attached hydrogen (secondary N) is 2. The molecule has 0 aliphatic carbocycles. The summed E-state index contributed by atoms with van der Waals surface area (Å²) in [4.78, 5) is 38.3. The summed E-state index contributed by atoms with van der Waals surface area (Å²) in [5, 5.41) is 10.7. The summed E-state index contributed by atoms with van der Waals surface area (Å²) >= 11 is 6.16. The number of aromatic amines is 1. The van der Waals surface area contributed by atoms with E-state index in [-0.39, 0.29) is 29.0 Å². The molecule has 3 aromatic heterocycles. The van der Waals surface area contributed by atoms with Crippen molar-refractivity contribution in [3.05, 3.63) is 93.6 Å². The Morgan fingerprint density at radius 2 is 1.88 bits per heavy atom. The van der Waals surface area contributed by atoms with Crippen molar-refractivity contribution in [1.29, 1.82) is 0 Å². The van der Waals surface area contributed by atoms with Gasteiger partial charge in [-0.05, 0) is 49.6 Å². The number of nitrogens with two attached hydrogens (primary N) is 1. The van der Waals surface area contributed by atoms with Gasteiger partial charge in [-0.25, -0.2) is 14.6 Å². The Kier molecular flexibility index (Phi) is 7.49. The van der Waals surface area contributed by atoms with E-state index in [0.717, 1.165) is 16.8 Å². The Morgan fingerprint density at radius 1 is 1.12 bits per heavy atom. The number of aromatic nitrogens is 6. The number of carbonyl (C=O) groups is 1. The van der Waals surface area contributed by atoms with E-state index >= 15 is 0 Å². The minimum Gasteiger partial charge on any atom is -0.381 e. The van der Waals surface area contributed by atoms with Crippen molar-refractivity contribution in [3.8, 4) is 28.2 Å². The van der Waals surface area contributed by atoms with Crippen LogP contribution >= 0.6 is 11.6 Å². The third kappa shape index (κ3) is 5.39. The van der Waals surface area contributed by atoms with Crippen molar-refractivity contribution >= 4 is 29.1 Å². The monoisotopic (exact) mass is 597 g/mol. The lowest BCUT2D eigenvalue weighted by Gasteiger charge is -2.38. The fourth-order valence-corrected chi connectivity index (χ4v) is 5.87. The lowest BCUT2D eigenvalue weighted by Crippen LogP contribution is -2.51. The largest absolute Gasteiger partial charge is 0.381 e. The van der Waals surface area contributed by atoms with Gasteiger partial charge in [0.15, 0.2) is 11.6 Å². The molecule has 2 atom stereocenters. The first-order valence-electron chi connectivity index (χ1n) is 14.0. The summed E-state index contributed by atoms with van der Waals surface area (Å²) in [6, 6.07) is 16.7. The van der Waals surface area contributed by atoms with Crippen LogP contribution in [0.3, 0.4) is 0 Å². The second kappa shape index (κ2) is 11.4. The molecule has 11 nitrogen and oxygen atoms in total. The van der Waals surface area contributed by atoms with Crippen LogP contribution in [-0.2, 0) is 7.05 Å². The molecule has 220 valence electrons. The van der Waals surface area contributed by atoms with E-state index in [1.54, 1.807) is 55.3 Å². The molecule has 0 bridgehead atoms. The van der Waals surface area contributed by atoms with Gasteiger partial charge in [-0.3, -0.25) is 19.4 Å². The highest BCUT2D eigenvalue weighted by molar-refractivity contribution is 6.30. The Labute approximate surface area is 253 Å². The Bertz CT molecular complexity index is 1860. The van der Waals surface area contributed by atoms with Crippen LogP contribution in [0.25, 0.3) is 28.2 Å². The average Bonchev–Trinajstić information content (AvgIpc) is 3.61. The lowest BCUT2D eigenvalue weighted by molar-refractivity contribution is 0.0915. The third-order valence-corrected chi connectivity index (χ3v) is 8.33. The van der Waals surface area contributed by atoms with Gasteiger partial charge < -0.3 is 16.0 Å². The number of hydrogen-bond acceptors (Lipinski definition) is 7. The molecule has 1 fully saturated rings. The number of rotatable bonds is 6. The van der Waals surface area contributed by atoms with Crippen LogP contribution in [0.1, 0.15) is 29.4 Å². The van der Waals surface area contributed by atoms with Gasteiger partial charge in [0.1, 0.15) is 5.56 Å². The van der Waals surface area contributed by atoms with E-state index in [4.69, 9.17) is 22.3 Å². The highest BCUT2D eigenvalue weighted by Gasteiger charge is 2.31. The molecule has 1 aliphatic rings. The summed E-state index contributed by atoms with van der Waals surface area (Å²) < 4.78 is 3.13. The van der Waals surface area contributed by atoms with E-state index in [1.165, 1.54) is 4.68 Å². The molecule has 12 heteroatoms.